The number of rotatable bonds is 10. The Morgan fingerprint density at radius 1 is 1.00 bits per heavy atom. The quantitative estimate of drug-likeness (QED) is 0.509. The predicted octanol–water partition coefficient (Wildman–Crippen LogP) is 0.844. The van der Waals surface area contributed by atoms with E-state index in [1.807, 2.05) is 18.2 Å². The van der Waals surface area contributed by atoms with Crippen molar-refractivity contribution in [3.05, 3.63) is 59.7 Å². The number of hydrogen-bond donors (Lipinski definition) is 4. The van der Waals surface area contributed by atoms with E-state index in [0.717, 1.165) is 25.1 Å². The zero-order chi connectivity index (χ0) is 18.1. The van der Waals surface area contributed by atoms with Crippen LogP contribution >= 0.6 is 0 Å². The molecule has 0 aliphatic heterocycles. The van der Waals surface area contributed by atoms with Gasteiger partial charge in [-0.15, -0.1) is 0 Å². The molecular formula is C19H27N3O3. The molecule has 1 aromatic heterocycles. The van der Waals surface area contributed by atoms with Crippen LogP contribution in [-0.2, 0) is 19.4 Å². The third-order valence-electron chi connectivity index (χ3n) is 4.14. The Labute approximate surface area is 148 Å². The van der Waals surface area contributed by atoms with Gasteiger partial charge in [0.25, 0.3) is 0 Å². The Balaban J connectivity index is 1.73. The predicted molar refractivity (Wildman–Crippen MR) is 95.9 cm³/mol. The molecule has 0 amide bonds. The van der Waals surface area contributed by atoms with Gasteiger partial charge in [-0.2, -0.15) is 0 Å². The first-order valence-corrected chi connectivity index (χ1v) is 8.62. The number of nitrogens with zero attached hydrogens (tertiary/aromatic N) is 2. The molecule has 0 unspecified atom stereocenters. The van der Waals surface area contributed by atoms with Crippen LogP contribution in [-0.4, -0.2) is 50.1 Å². The molecule has 136 valence electrons. The van der Waals surface area contributed by atoms with Crippen LogP contribution in [0.5, 0.6) is 0 Å². The lowest BCUT2D eigenvalue weighted by Gasteiger charge is -2.15. The van der Waals surface area contributed by atoms with Gasteiger partial charge in [0, 0.05) is 31.4 Å². The molecule has 0 spiro atoms. The van der Waals surface area contributed by atoms with E-state index in [0.29, 0.717) is 11.7 Å². The second-order valence-corrected chi connectivity index (χ2v) is 6.33. The summed E-state index contributed by atoms with van der Waals surface area (Å²) in [5, 5.41) is 31.4. The van der Waals surface area contributed by atoms with Gasteiger partial charge in [-0.05, 0) is 25.3 Å². The number of hydrogen-bond acceptors (Lipinski definition) is 6. The molecule has 2 aromatic rings. The van der Waals surface area contributed by atoms with Crippen LogP contribution in [0, 0.1) is 0 Å². The van der Waals surface area contributed by atoms with Crippen molar-refractivity contribution in [1.29, 1.82) is 0 Å². The highest BCUT2D eigenvalue weighted by Gasteiger charge is 2.16. The van der Waals surface area contributed by atoms with E-state index in [1.165, 1.54) is 5.56 Å². The lowest BCUT2D eigenvalue weighted by atomic mass is 10.1. The molecule has 2 rings (SSSR count). The van der Waals surface area contributed by atoms with Crippen molar-refractivity contribution in [2.45, 2.75) is 51.0 Å². The summed E-state index contributed by atoms with van der Waals surface area (Å²) in [6, 6.07) is 10.7. The second kappa shape index (κ2) is 10.2. The summed E-state index contributed by atoms with van der Waals surface area (Å²) >= 11 is 0. The Morgan fingerprint density at radius 2 is 1.68 bits per heavy atom. The molecule has 0 fully saturated rings. The summed E-state index contributed by atoms with van der Waals surface area (Å²) in [5.74, 6) is 0. The smallest absolute Gasteiger partial charge is 0.103 e. The third-order valence-corrected chi connectivity index (χ3v) is 4.14. The topological polar surface area (TPSA) is 98.5 Å². The van der Waals surface area contributed by atoms with Crippen LogP contribution in [0.2, 0.25) is 0 Å². The largest absolute Gasteiger partial charge is 0.394 e. The van der Waals surface area contributed by atoms with Gasteiger partial charge in [0.2, 0.25) is 0 Å². The molecule has 1 heterocycles. The number of aryl methyl sites for hydroxylation is 1. The van der Waals surface area contributed by atoms with Gasteiger partial charge in [0.15, 0.2) is 0 Å². The van der Waals surface area contributed by atoms with Gasteiger partial charge >= 0.3 is 0 Å². The molecule has 3 atom stereocenters. The summed E-state index contributed by atoms with van der Waals surface area (Å²) in [6.07, 6.45) is 3.07. The average Bonchev–Trinajstić information content (AvgIpc) is 2.65. The van der Waals surface area contributed by atoms with Crippen molar-refractivity contribution >= 4 is 0 Å². The monoisotopic (exact) mass is 345 g/mol. The molecule has 6 nitrogen and oxygen atoms in total. The van der Waals surface area contributed by atoms with Gasteiger partial charge < -0.3 is 20.6 Å². The van der Waals surface area contributed by atoms with Crippen LogP contribution in [0.4, 0.5) is 0 Å². The van der Waals surface area contributed by atoms with Crippen molar-refractivity contribution in [1.82, 2.24) is 15.3 Å². The maximum atomic E-state index is 9.68. The number of nitrogens with one attached hydrogen (secondary N) is 1. The SMILES string of the molecule is C[C@H](CCc1cnc(C[C@H](O)[C@H](O)CO)cn1)NCc1ccccc1. The highest BCUT2D eigenvalue weighted by Crippen LogP contribution is 2.06. The summed E-state index contributed by atoms with van der Waals surface area (Å²) < 4.78 is 0. The lowest BCUT2D eigenvalue weighted by molar-refractivity contribution is -0.0137. The first-order chi connectivity index (χ1) is 12.1. The third kappa shape index (κ3) is 6.88. The zero-order valence-electron chi connectivity index (χ0n) is 14.5. The molecule has 6 heteroatoms. The molecule has 0 saturated carbocycles. The highest BCUT2D eigenvalue weighted by molar-refractivity contribution is 5.14. The van der Waals surface area contributed by atoms with Gasteiger partial charge in [0.05, 0.1) is 24.1 Å². The molecular weight excluding hydrogens is 318 g/mol. The minimum absolute atomic E-state index is 0.171. The van der Waals surface area contributed by atoms with Crippen LogP contribution in [0.3, 0.4) is 0 Å². The van der Waals surface area contributed by atoms with Gasteiger partial charge in [-0.3, -0.25) is 9.97 Å². The van der Waals surface area contributed by atoms with Gasteiger partial charge in [-0.1, -0.05) is 30.3 Å². The van der Waals surface area contributed by atoms with Crippen molar-refractivity contribution in [2.75, 3.05) is 6.61 Å². The van der Waals surface area contributed by atoms with E-state index in [-0.39, 0.29) is 6.42 Å². The number of aromatic nitrogens is 2. The fraction of sp³-hybridized carbons (Fsp3) is 0.474. The maximum absolute atomic E-state index is 9.68. The summed E-state index contributed by atoms with van der Waals surface area (Å²) in [6.45, 7) is 2.52. The first kappa shape index (κ1) is 19.5. The van der Waals surface area contributed by atoms with Gasteiger partial charge in [-0.25, -0.2) is 0 Å². The molecule has 25 heavy (non-hydrogen) atoms. The molecule has 0 aliphatic carbocycles. The number of aliphatic hydroxyl groups is 3. The minimum Gasteiger partial charge on any atom is -0.394 e. The number of benzene rings is 1. The zero-order valence-corrected chi connectivity index (χ0v) is 14.5. The molecule has 0 aliphatic rings. The normalized spacial score (nSPS) is 14.9. The van der Waals surface area contributed by atoms with E-state index in [2.05, 4.69) is 34.3 Å². The molecule has 4 N–H and O–H groups in total. The fourth-order valence-corrected chi connectivity index (χ4v) is 2.44. The van der Waals surface area contributed by atoms with Crippen LogP contribution < -0.4 is 5.32 Å². The fourth-order valence-electron chi connectivity index (χ4n) is 2.44. The summed E-state index contributed by atoms with van der Waals surface area (Å²) in [7, 11) is 0. The maximum Gasteiger partial charge on any atom is 0.103 e. The lowest BCUT2D eigenvalue weighted by Crippen LogP contribution is -2.31. The van der Waals surface area contributed by atoms with Crippen molar-refractivity contribution in [2.24, 2.45) is 0 Å². The van der Waals surface area contributed by atoms with Gasteiger partial charge in [0.1, 0.15) is 6.10 Å². The average molecular weight is 345 g/mol. The first-order valence-electron chi connectivity index (χ1n) is 8.62. The molecule has 0 saturated heterocycles. The van der Waals surface area contributed by atoms with E-state index in [9.17, 15) is 10.2 Å². The van der Waals surface area contributed by atoms with Crippen molar-refractivity contribution < 1.29 is 15.3 Å². The van der Waals surface area contributed by atoms with Crippen molar-refractivity contribution in [3.8, 4) is 0 Å². The van der Waals surface area contributed by atoms with E-state index >= 15 is 0 Å². The van der Waals surface area contributed by atoms with Crippen LogP contribution in [0.1, 0.15) is 30.3 Å². The standard InChI is InChI=1S/C19H27N3O3/c1-14(20-10-15-5-3-2-4-6-15)7-8-16-11-22-17(12-21-16)9-18(24)19(25)13-23/h2-6,11-12,14,18-20,23-25H,7-10,13H2,1H3/t14-,18+,19-/m1/s1. The van der Waals surface area contributed by atoms with Crippen molar-refractivity contribution in [3.63, 3.8) is 0 Å². The molecule has 0 radical (unpaired) electrons. The van der Waals surface area contributed by atoms with E-state index in [4.69, 9.17) is 5.11 Å². The Hall–Kier alpha value is -1.86. The van der Waals surface area contributed by atoms with Crippen LogP contribution in [0.25, 0.3) is 0 Å². The molecule has 0 bridgehead atoms. The minimum atomic E-state index is -1.15. The Kier molecular flexibility index (Phi) is 7.94. The number of aliphatic hydroxyl groups excluding tert-OH is 3. The summed E-state index contributed by atoms with van der Waals surface area (Å²) in [4.78, 5) is 8.63. The second-order valence-electron chi connectivity index (χ2n) is 6.33. The van der Waals surface area contributed by atoms with Crippen LogP contribution in [0.15, 0.2) is 42.7 Å². The van der Waals surface area contributed by atoms with E-state index < -0.39 is 18.8 Å². The van der Waals surface area contributed by atoms with E-state index in [1.54, 1.807) is 12.4 Å². The Bertz CT molecular complexity index is 607. The molecule has 1 aromatic carbocycles. The highest BCUT2D eigenvalue weighted by atomic mass is 16.4. The summed E-state index contributed by atoms with van der Waals surface area (Å²) in [5.41, 5.74) is 2.76. The Morgan fingerprint density at radius 3 is 2.32 bits per heavy atom.